The van der Waals surface area contributed by atoms with Gasteiger partial charge in [-0.15, -0.1) is 0 Å². The molecule has 0 spiro atoms. The van der Waals surface area contributed by atoms with Gasteiger partial charge in [0.25, 0.3) is 0 Å². The molecule has 1 aromatic heterocycles. The van der Waals surface area contributed by atoms with E-state index in [2.05, 4.69) is 63.3 Å². The van der Waals surface area contributed by atoms with Crippen LogP contribution in [0.5, 0.6) is 0 Å². The minimum atomic E-state index is 0.547. The number of anilines is 1. The Morgan fingerprint density at radius 2 is 2.03 bits per heavy atom. The number of para-hydroxylation sites is 1. The van der Waals surface area contributed by atoms with Gasteiger partial charge in [0.1, 0.15) is 6.26 Å². The molecule has 1 aromatic carbocycles. The highest BCUT2D eigenvalue weighted by Gasteiger charge is 2.25. The Morgan fingerprint density at radius 1 is 1.21 bits per heavy atom. The van der Waals surface area contributed by atoms with Crippen molar-refractivity contribution >= 4 is 11.6 Å². The van der Waals surface area contributed by atoms with Crippen molar-refractivity contribution in [2.45, 2.75) is 32.9 Å². The predicted octanol–water partition coefficient (Wildman–Crippen LogP) is 2.21. The smallest absolute Gasteiger partial charge is 0.194 e. The number of nitrogens with one attached hydrogen (secondary N) is 1. The highest BCUT2D eigenvalue weighted by Crippen LogP contribution is 2.31. The second-order valence-corrected chi connectivity index (χ2v) is 7.86. The molecule has 0 aliphatic carbocycles. The van der Waals surface area contributed by atoms with Crippen molar-refractivity contribution in [2.24, 2.45) is 4.99 Å². The molecule has 2 aliphatic heterocycles. The van der Waals surface area contributed by atoms with Crippen LogP contribution in [-0.2, 0) is 13.0 Å². The molecular formula is C22H32N6O. The topological polar surface area (TPSA) is 60.1 Å². The number of fused-ring (bicyclic) bond motifs is 1. The Balaban J connectivity index is 1.31. The van der Waals surface area contributed by atoms with E-state index in [1.54, 1.807) is 6.26 Å². The van der Waals surface area contributed by atoms with Crippen molar-refractivity contribution in [3.8, 4) is 0 Å². The molecule has 29 heavy (non-hydrogen) atoms. The van der Waals surface area contributed by atoms with E-state index in [0.29, 0.717) is 6.04 Å². The Bertz CT molecular complexity index is 797. The molecule has 0 saturated carbocycles. The van der Waals surface area contributed by atoms with E-state index in [1.807, 2.05) is 6.07 Å². The molecule has 0 radical (unpaired) electrons. The predicted molar refractivity (Wildman–Crippen MR) is 116 cm³/mol. The summed E-state index contributed by atoms with van der Waals surface area (Å²) in [5.74, 6) is 1.04. The number of rotatable bonds is 6. The molecule has 0 amide bonds. The standard InChI is InChI=1S/C22H32N6O/c1-3-23-22(27-13-11-26(12-14-27)17-20-8-15-29-25-20)24-9-10-28-18(2)16-19-6-4-5-7-21(19)28/h4-8,15,18H,3,9-14,16-17H2,1-2H3,(H,23,24). The molecule has 1 saturated heterocycles. The van der Waals surface area contributed by atoms with Gasteiger partial charge in [0.05, 0.1) is 12.2 Å². The van der Waals surface area contributed by atoms with Crippen molar-refractivity contribution in [3.05, 3.63) is 47.9 Å². The average molecular weight is 397 g/mol. The molecule has 3 heterocycles. The number of nitrogens with zero attached hydrogens (tertiary/aromatic N) is 5. The summed E-state index contributed by atoms with van der Waals surface area (Å²) >= 11 is 0. The van der Waals surface area contributed by atoms with Gasteiger partial charge in [-0.25, -0.2) is 0 Å². The Labute approximate surface area is 173 Å². The van der Waals surface area contributed by atoms with Gasteiger partial charge in [0.2, 0.25) is 0 Å². The SMILES string of the molecule is CCNC(=NCCN1c2ccccc2CC1C)N1CCN(Cc2ccon2)CC1. The highest BCUT2D eigenvalue weighted by atomic mass is 16.5. The molecule has 2 aromatic rings. The number of hydrogen-bond acceptors (Lipinski definition) is 5. The minimum absolute atomic E-state index is 0.547. The third-order valence-corrected chi connectivity index (χ3v) is 5.83. The van der Waals surface area contributed by atoms with Crippen LogP contribution in [0.3, 0.4) is 0 Å². The fourth-order valence-corrected chi connectivity index (χ4v) is 4.33. The Kier molecular flexibility index (Phi) is 6.34. The second kappa shape index (κ2) is 9.31. The van der Waals surface area contributed by atoms with Crippen LogP contribution in [0.2, 0.25) is 0 Å². The Morgan fingerprint density at radius 3 is 2.79 bits per heavy atom. The molecule has 0 bridgehead atoms. The van der Waals surface area contributed by atoms with E-state index in [-0.39, 0.29) is 0 Å². The third-order valence-electron chi connectivity index (χ3n) is 5.83. The van der Waals surface area contributed by atoms with Crippen LogP contribution in [-0.4, -0.2) is 72.8 Å². The van der Waals surface area contributed by atoms with E-state index in [1.165, 1.54) is 11.3 Å². The molecule has 1 fully saturated rings. The largest absolute Gasteiger partial charge is 0.366 e. The van der Waals surface area contributed by atoms with E-state index < -0.39 is 0 Å². The van der Waals surface area contributed by atoms with Crippen LogP contribution in [0.25, 0.3) is 0 Å². The average Bonchev–Trinajstić information content (AvgIpc) is 3.35. The molecule has 4 rings (SSSR count). The maximum Gasteiger partial charge on any atom is 0.194 e. The van der Waals surface area contributed by atoms with E-state index >= 15 is 0 Å². The zero-order chi connectivity index (χ0) is 20.1. The first-order valence-electron chi connectivity index (χ1n) is 10.7. The van der Waals surface area contributed by atoms with Crippen LogP contribution in [0.15, 0.2) is 46.1 Å². The molecule has 1 N–H and O–H groups in total. The molecular weight excluding hydrogens is 364 g/mol. The van der Waals surface area contributed by atoms with Crippen LogP contribution >= 0.6 is 0 Å². The van der Waals surface area contributed by atoms with Gasteiger partial charge < -0.3 is 19.6 Å². The van der Waals surface area contributed by atoms with Crippen LogP contribution in [0, 0.1) is 0 Å². The normalized spacial score (nSPS) is 20.2. The summed E-state index contributed by atoms with van der Waals surface area (Å²) in [6.07, 6.45) is 2.77. The summed E-state index contributed by atoms with van der Waals surface area (Å²) in [5.41, 5.74) is 3.83. The lowest BCUT2D eigenvalue weighted by Gasteiger charge is -2.36. The zero-order valence-electron chi connectivity index (χ0n) is 17.5. The molecule has 2 aliphatic rings. The summed E-state index contributed by atoms with van der Waals surface area (Å²) in [4.78, 5) is 12.2. The van der Waals surface area contributed by atoms with Gasteiger partial charge >= 0.3 is 0 Å². The summed E-state index contributed by atoms with van der Waals surface area (Å²) in [7, 11) is 0. The van der Waals surface area contributed by atoms with E-state index in [9.17, 15) is 0 Å². The summed E-state index contributed by atoms with van der Waals surface area (Å²) in [6.45, 7) is 11.9. The first kappa shape index (κ1) is 19.8. The second-order valence-electron chi connectivity index (χ2n) is 7.86. The van der Waals surface area contributed by atoms with Crippen molar-refractivity contribution in [3.63, 3.8) is 0 Å². The third kappa shape index (κ3) is 4.72. The molecule has 1 atom stereocenters. The van der Waals surface area contributed by atoms with Gasteiger partial charge in [0, 0.05) is 63.6 Å². The quantitative estimate of drug-likeness (QED) is 0.597. The van der Waals surface area contributed by atoms with Crippen molar-refractivity contribution in [1.29, 1.82) is 0 Å². The van der Waals surface area contributed by atoms with E-state index in [4.69, 9.17) is 9.52 Å². The maximum atomic E-state index is 4.95. The van der Waals surface area contributed by atoms with E-state index in [0.717, 1.165) is 70.4 Å². The van der Waals surface area contributed by atoms with Gasteiger partial charge in [-0.05, 0) is 31.9 Å². The summed E-state index contributed by atoms with van der Waals surface area (Å²) in [5, 5.41) is 7.50. The molecule has 156 valence electrons. The molecule has 7 heteroatoms. The molecule has 7 nitrogen and oxygen atoms in total. The number of aromatic nitrogens is 1. The number of piperazine rings is 1. The van der Waals surface area contributed by atoms with Gasteiger partial charge in [0.15, 0.2) is 5.96 Å². The Hall–Kier alpha value is -2.54. The number of aliphatic imine (C=N–C) groups is 1. The zero-order valence-corrected chi connectivity index (χ0v) is 17.5. The van der Waals surface area contributed by atoms with Crippen molar-refractivity contribution in [2.75, 3.05) is 50.7 Å². The molecule has 1 unspecified atom stereocenters. The number of guanidine groups is 1. The lowest BCUT2D eigenvalue weighted by atomic mass is 10.1. The van der Waals surface area contributed by atoms with Crippen LogP contribution in [0.1, 0.15) is 25.1 Å². The van der Waals surface area contributed by atoms with Gasteiger partial charge in [-0.1, -0.05) is 23.4 Å². The van der Waals surface area contributed by atoms with Crippen molar-refractivity contribution in [1.82, 2.24) is 20.3 Å². The summed E-state index contributed by atoms with van der Waals surface area (Å²) < 4.78 is 4.94. The maximum absolute atomic E-state index is 4.95. The van der Waals surface area contributed by atoms with Gasteiger partial charge in [-0.3, -0.25) is 9.89 Å². The fraction of sp³-hybridized carbons (Fsp3) is 0.545. The number of benzene rings is 1. The lowest BCUT2D eigenvalue weighted by molar-refractivity contribution is 0.169. The van der Waals surface area contributed by atoms with Gasteiger partial charge in [-0.2, -0.15) is 0 Å². The minimum Gasteiger partial charge on any atom is -0.366 e. The lowest BCUT2D eigenvalue weighted by Crippen LogP contribution is -2.52. The summed E-state index contributed by atoms with van der Waals surface area (Å²) in [6, 6.07) is 11.2. The highest BCUT2D eigenvalue weighted by molar-refractivity contribution is 5.80. The van der Waals surface area contributed by atoms with Crippen LogP contribution in [0.4, 0.5) is 5.69 Å². The van der Waals surface area contributed by atoms with Crippen LogP contribution < -0.4 is 10.2 Å². The fourth-order valence-electron chi connectivity index (χ4n) is 4.33. The monoisotopic (exact) mass is 396 g/mol. The van der Waals surface area contributed by atoms with Crippen molar-refractivity contribution < 1.29 is 4.52 Å². The number of hydrogen-bond donors (Lipinski definition) is 1. The first-order valence-corrected chi connectivity index (χ1v) is 10.7. The first-order chi connectivity index (χ1) is 14.2.